The van der Waals surface area contributed by atoms with Crippen LogP contribution in [0, 0.1) is 19.7 Å². The number of rotatable bonds is 4. The Labute approximate surface area is 123 Å². The highest BCUT2D eigenvalue weighted by molar-refractivity contribution is 7.89. The van der Waals surface area contributed by atoms with Crippen LogP contribution in [0.4, 0.5) is 4.39 Å². The Kier molecular flexibility index (Phi) is 4.29. The van der Waals surface area contributed by atoms with Gasteiger partial charge in [0.15, 0.2) is 0 Å². The Morgan fingerprint density at radius 2 is 1.62 bits per heavy atom. The lowest BCUT2D eigenvalue weighted by Gasteiger charge is -2.09. The molecule has 2 rings (SSSR count). The van der Waals surface area contributed by atoms with Gasteiger partial charge in [0.1, 0.15) is 11.6 Å². The minimum Gasteiger partial charge on any atom is -0.508 e. The molecule has 0 aliphatic carbocycles. The van der Waals surface area contributed by atoms with Crippen molar-refractivity contribution in [3.05, 3.63) is 58.9 Å². The van der Waals surface area contributed by atoms with Crippen molar-refractivity contribution >= 4 is 10.0 Å². The Morgan fingerprint density at radius 1 is 1.10 bits per heavy atom. The number of benzene rings is 2. The van der Waals surface area contributed by atoms with Crippen LogP contribution < -0.4 is 4.72 Å². The summed E-state index contributed by atoms with van der Waals surface area (Å²) in [6, 6.07) is 8.47. The first kappa shape index (κ1) is 15.5. The summed E-state index contributed by atoms with van der Waals surface area (Å²) in [4.78, 5) is 0.0656. The van der Waals surface area contributed by atoms with Crippen LogP contribution >= 0.6 is 0 Å². The molecule has 2 N–H and O–H groups in total. The van der Waals surface area contributed by atoms with Crippen LogP contribution in [0.15, 0.2) is 41.3 Å². The van der Waals surface area contributed by atoms with Gasteiger partial charge >= 0.3 is 0 Å². The number of phenolic OH excluding ortho intramolecular Hbond substituents is 1. The maximum absolute atomic E-state index is 13.5. The van der Waals surface area contributed by atoms with Crippen molar-refractivity contribution in [1.82, 2.24) is 4.72 Å². The van der Waals surface area contributed by atoms with Crippen LogP contribution in [0.25, 0.3) is 0 Å². The Morgan fingerprint density at radius 3 is 2.14 bits per heavy atom. The van der Waals surface area contributed by atoms with Gasteiger partial charge in [-0.3, -0.25) is 0 Å². The Bertz CT molecular complexity index is 732. The van der Waals surface area contributed by atoms with E-state index in [1.165, 1.54) is 24.3 Å². The molecule has 0 aromatic heterocycles. The van der Waals surface area contributed by atoms with Crippen molar-refractivity contribution in [1.29, 1.82) is 0 Å². The molecular formula is C15H16FNO3S. The van der Waals surface area contributed by atoms with E-state index in [-0.39, 0.29) is 23.0 Å². The van der Waals surface area contributed by atoms with Gasteiger partial charge in [-0.25, -0.2) is 17.5 Å². The summed E-state index contributed by atoms with van der Waals surface area (Å²) < 4.78 is 40.2. The second kappa shape index (κ2) is 5.83. The molecule has 0 spiro atoms. The average Bonchev–Trinajstić information content (AvgIpc) is 2.43. The SMILES string of the molecule is Cc1cc(CNS(=O)(=O)c2ccc(O)cc2)cc(C)c1F. The van der Waals surface area contributed by atoms with E-state index in [1.54, 1.807) is 26.0 Å². The molecule has 6 heteroatoms. The average molecular weight is 309 g/mol. The highest BCUT2D eigenvalue weighted by Gasteiger charge is 2.14. The maximum atomic E-state index is 13.5. The Hall–Kier alpha value is -1.92. The number of hydrogen-bond donors (Lipinski definition) is 2. The standard InChI is InChI=1S/C15H16FNO3S/c1-10-7-12(8-11(2)15(10)16)9-17-21(19,20)14-5-3-13(18)4-6-14/h3-8,17-18H,9H2,1-2H3. The summed E-state index contributed by atoms with van der Waals surface area (Å²) in [6.45, 7) is 3.35. The van der Waals surface area contributed by atoms with Crippen LogP contribution in [0.2, 0.25) is 0 Å². The van der Waals surface area contributed by atoms with E-state index in [4.69, 9.17) is 5.11 Å². The molecule has 21 heavy (non-hydrogen) atoms. The van der Waals surface area contributed by atoms with Gasteiger partial charge in [0.2, 0.25) is 10.0 Å². The quantitative estimate of drug-likeness (QED) is 0.912. The fraction of sp³-hybridized carbons (Fsp3) is 0.200. The predicted molar refractivity (Wildman–Crippen MR) is 78.0 cm³/mol. The molecule has 0 atom stereocenters. The molecule has 0 aliphatic heterocycles. The van der Waals surface area contributed by atoms with E-state index in [0.717, 1.165) is 0 Å². The second-order valence-corrected chi connectivity index (χ2v) is 6.63. The predicted octanol–water partition coefficient (Wildman–Crippen LogP) is 2.63. The lowest BCUT2D eigenvalue weighted by molar-refractivity contribution is 0.474. The van der Waals surface area contributed by atoms with Crippen LogP contribution in [-0.4, -0.2) is 13.5 Å². The molecule has 4 nitrogen and oxygen atoms in total. The van der Waals surface area contributed by atoms with Crippen LogP contribution in [0.1, 0.15) is 16.7 Å². The van der Waals surface area contributed by atoms with Crippen molar-refractivity contribution in [2.24, 2.45) is 0 Å². The van der Waals surface area contributed by atoms with E-state index in [1.807, 2.05) is 0 Å². The van der Waals surface area contributed by atoms with Crippen LogP contribution in [0.3, 0.4) is 0 Å². The van der Waals surface area contributed by atoms with Gasteiger partial charge in [-0.2, -0.15) is 0 Å². The van der Waals surface area contributed by atoms with Crippen molar-refractivity contribution in [2.45, 2.75) is 25.3 Å². The molecule has 0 unspecified atom stereocenters. The molecule has 0 saturated carbocycles. The van der Waals surface area contributed by atoms with Gasteiger partial charge in [0, 0.05) is 6.54 Å². The summed E-state index contributed by atoms with van der Waals surface area (Å²) in [5, 5.41) is 9.17. The van der Waals surface area contributed by atoms with Crippen molar-refractivity contribution in [2.75, 3.05) is 0 Å². The minimum atomic E-state index is -3.67. The van der Waals surface area contributed by atoms with Crippen LogP contribution in [0.5, 0.6) is 5.75 Å². The molecule has 0 aliphatic rings. The molecule has 0 amide bonds. The third kappa shape index (κ3) is 3.59. The van der Waals surface area contributed by atoms with Gasteiger partial charge in [-0.15, -0.1) is 0 Å². The summed E-state index contributed by atoms with van der Waals surface area (Å²) in [5.74, 6) is -0.279. The highest BCUT2D eigenvalue weighted by atomic mass is 32.2. The van der Waals surface area contributed by atoms with E-state index in [0.29, 0.717) is 16.7 Å². The normalized spacial score (nSPS) is 11.6. The minimum absolute atomic E-state index is 0.00117. The van der Waals surface area contributed by atoms with E-state index < -0.39 is 10.0 Å². The van der Waals surface area contributed by atoms with Gasteiger partial charge in [0.05, 0.1) is 4.90 Å². The highest BCUT2D eigenvalue weighted by Crippen LogP contribution is 2.17. The number of phenols is 1. The summed E-state index contributed by atoms with van der Waals surface area (Å²) in [7, 11) is -3.67. The lowest BCUT2D eigenvalue weighted by atomic mass is 10.1. The first-order valence-corrected chi connectivity index (χ1v) is 7.82. The third-order valence-corrected chi connectivity index (χ3v) is 4.53. The number of sulfonamides is 1. The lowest BCUT2D eigenvalue weighted by Crippen LogP contribution is -2.23. The van der Waals surface area contributed by atoms with Crippen molar-refractivity contribution in [3.8, 4) is 5.75 Å². The van der Waals surface area contributed by atoms with Crippen molar-refractivity contribution in [3.63, 3.8) is 0 Å². The third-order valence-electron chi connectivity index (χ3n) is 3.11. The van der Waals surface area contributed by atoms with E-state index >= 15 is 0 Å². The van der Waals surface area contributed by atoms with Gasteiger partial charge in [-0.05, 0) is 54.8 Å². The van der Waals surface area contributed by atoms with Gasteiger partial charge < -0.3 is 5.11 Å². The molecule has 2 aromatic carbocycles. The zero-order chi connectivity index (χ0) is 15.6. The molecular weight excluding hydrogens is 293 g/mol. The number of aryl methyl sites for hydroxylation is 2. The largest absolute Gasteiger partial charge is 0.508 e. The zero-order valence-electron chi connectivity index (χ0n) is 11.7. The first-order chi connectivity index (χ1) is 9.79. The van der Waals surface area contributed by atoms with Gasteiger partial charge in [-0.1, -0.05) is 12.1 Å². The van der Waals surface area contributed by atoms with E-state index in [2.05, 4.69) is 4.72 Å². The molecule has 0 bridgehead atoms. The zero-order valence-corrected chi connectivity index (χ0v) is 12.5. The molecule has 112 valence electrons. The first-order valence-electron chi connectivity index (χ1n) is 6.34. The number of nitrogens with one attached hydrogen (secondary N) is 1. The molecule has 2 aromatic rings. The monoisotopic (exact) mass is 309 g/mol. The molecule has 0 saturated heterocycles. The molecule has 0 radical (unpaired) electrons. The number of aromatic hydroxyl groups is 1. The second-order valence-electron chi connectivity index (χ2n) is 4.86. The maximum Gasteiger partial charge on any atom is 0.240 e. The topological polar surface area (TPSA) is 66.4 Å². The fourth-order valence-electron chi connectivity index (χ4n) is 2.02. The number of halogens is 1. The van der Waals surface area contributed by atoms with Gasteiger partial charge in [0.25, 0.3) is 0 Å². The molecule has 0 heterocycles. The fourth-order valence-corrected chi connectivity index (χ4v) is 3.04. The summed E-state index contributed by atoms with van der Waals surface area (Å²) in [6.07, 6.45) is 0. The summed E-state index contributed by atoms with van der Waals surface area (Å²) >= 11 is 0. The summed E-state index contributed by atoms with van der Waals surface area (Å²) in [5.41, 5.74) is 1.65. The Balaban J connectivity index is 2.17. The van der Waals surface area contributed by atoms with Crippen molar-refractivity contribution < 1.29 is 17.9 Å². The number of hydrogen-bond acceptors (Lipinski definition) is 3. The molecule has 0 fully saturated rings. The smallest absolute Gasteiger partial charge is 0.240 e. The van der Waals surface area contributed by atoms with Crippen LogP contribution in [-0.2, 0) is 16.6 Å². The van der Waals surface area contributed by atoms with E-state index in [9.17, 15) is 12.8 Å².